The van der Waals surface area contributed by atoms with E-state index in [9.17, 15) is 0 Å². The van der Waals surface area contributed by atoms with Crippen LogP contribution in [0.15, 0.2) is 23.8 Å². The molecule has 0 bridgehead atoms. The van der Waals surface area contributed by atoms with Crippen molar-refractivity contribution in [3.8, 4) is 11.5 Å². The fraction of sp³-hybridized carbons (Fsp3) is 0.467. The van der Waals surface area contributed by atoms with Crippen LogP contribution in [0.5, 0.6) is 11.5 Å². The Morgan fingerprint density at radius 2 is 2.33 bits per heavy atom. The van der Waals surface area contributed by atoms with Crippen LogP contribution in [0.4, 0.5) is 0 Å². The van der Waals surface area contributed by atoms with Crippen molar-refractivity contribution >= 4 is 0 Å². The molecule has 98 valence electrons. The van der Waals surface area contributed by atoms with E-state index >= 15 is 0 Å². The molecule has 3 heteroatoms. The number of methoxy groups -OCH3 is 1. The van der Waals surface area contributed by atoms with Gasteiger partial charge in [-0.3, -0.25) is 0 Å². The highest BCUT2D eigenvalue weighted by Gasteiger charge is 2.17. The minimum atomic E-state index is 0.0954. The lowest BCUT2D eigenvalue weighted by Crippen LogP contribution is -2.11. The Kier molecular flexibility index (Phi) is 4.26. The van der Waals surface area contributed by atoms with Crippen LogP contribution in [0.2, 0.25) is 0 Å². The Balaban J connectivity index is 2.35. The number of aliphatic hydroxyl groups is 1. The van der Waals surface area contributed by atoms with Crippen molar-refractivity contribution < 1.29 is 14.6 Å². The monoisotopic (exact) mass is 248 g/mol. The predicted octanol–water partition coefficient (Wildman–Crippen LogP) is 2.50. The summed E-state index contributed by atoms with van der Waals surface area (Å²) in [5.41, 5.74) is 3.31. The molecule has 0 fully saturated rings. The van der Waals surface area contributed by atoms with Crippen LogP contribution < -0.4 is 9.47 Å². The number of ether oxygens (including phenoxy) is 2. The second-order valence-electron chi connectivity index (χ2n) is 4.60. The van der Waals surface area contributed by atoms with Crippen molar-refractivity contribution in [2.75, 3.05) is 20.3 Å². The van der Waals surface area contributed by atoms with E-state index in [1.165, 1.54) is 5.56 Å². The number of benzene rings is 1. The molecule has 0 unspecified atom stereocenters. The van der Waals surface area contributed by atoms with Gasteiger partial charge in [0.2, 0.25) is 0 Å². The highest BCUT2D eigenvalue weighted by molar-refractivity contribution is 5.52. The Morgan fingerprint density at radius 1 is 1.50 bits per heavy atom. The molecular weight excluding hydrogens is 228 g/mol. The zero-order chi connectivity index (χ0) is 13.0. The molecular formula is C15H20O3. The Labute approximate surface area is 108 Å². The van der Waals surface area contributed by atoms with Crippen molar-refractivity contribution in [1.82, 2.24) is 0 Å². The van der Waals surface area contributed by atoms with E-state index in [-0.39, 0.29) is 6.61 Å². The summed E-state index contributed by atoms with van der Waals surface area (Å²) in [4.78, 5) is 0. The van der Waals surface area contributed by atoms with Gasteiger partial charge in [-0.25, -0.2) is 0 Å². The SMILES string of the molecule is COc1ccc2c(c1CC=C(C)CO)OCCC2. The summed E-state index contributed by atoms with van der Waals surface area (Å²) in [6.45, 7) is 2.79. The molecule has 0 spiro atoms. The van der Waals surface area contributed by atoms with Gasteiger partial charge in [-0.15, -0.1) is 0 Å². The summed E-state index contributed by atoms with van der Waals surface area (Å²) >= 11 is 0. The van der Waals surface area contributed by atoms with Crippen molar-refractivity contribution in [2.45, 2.75) is 26.2 Å². The van der Waals surface area contributed by atoms with Crippen LogP contribution in [0.1, 0.15) is 24.5 Å². The third-order valence-corrected chi connectivity index (χ3v) is 3.26. The summed E-state index contributed by atoms with van der Waals surface area (Å²) in [6.07, 6.45) is 4.90. The molecule has 3 nitrogen and oxygen atoms in total. The molecule has 1 N–H and O–H groups in total. The number of rotatable bonds is 4. The van der Waals surface area contributed by atoms with Crippen LogP contribution in [0, 0.1) is 0 Å². The maximum Gasteiger partial charge on any atom is 0.129 e. The molecule has 1 aromatic rings. The first-order valence-corrected chi connectivity index (χ1v) is 6.34. The number of aryl methyl sites for hydroxylation is 1. The van der Waals surface area contributed by atoms with E-state index in [4.69, 9.17) is 14.6 Å². The number of allylic oxidation sites excluding steroid dienone is 1. The van der Waals surface area contributed by atoms with Gasteiger partial charge in [-0.1, -0.05) is 17.7 Å². The van der Waals surface area contributed by atoms with E-state index in [0.29, 0.717) is 0 Å². The van der Waals surface area contributed by atoms with Crippen molar-refractivity contribution in [1.29, 1.82) is 0 Å². The number of hydrogen-bond acceptors (Lipinski definition) is 3. The lowest BCUT2D eigenvalue weighted by atomic mass is 9.99. The van der Waals surface area contributed by atoms with Gasteiger partial charge >= 0.3 is 0 Å². The third-order valence-electron chi connectivity index (χ3n) is 3.26. The van der Waals surface area contributed by atoms with Crippen molar-refractivity contribution in [3.05, 3.63) is 34.9 Å². The lowest BCUT2D eigenvalue weighted by Gasteiger charge is -2.21. The maximum atomic E-state index is 9.05. The number of aliphatic hydroxyl groups excluding tert-OH is 1. The Hall–Kier alpha value is -1.48. The van der Waals surface area contributed by atoms with E-state index in [1.807, 2.05) is 19.1 Å². The van der Waals surface area contributed by atoms with Gasteiger partial charge in [-0.2, -0.15) is 0 Å². The van der Waals surface area contributed by atoms with Crippen molar-refractivity contribution in [2.24, 2.45) is 0 Å². The summed E-state index contributed by atoms with van der Waals surface area (Å²) < 4.78 is 11.2. The van der Waals surface area contributed by atoms with Crippen LogP contribution in [-0.2, 0) is 12.8 Å². The van der Waals surface area contributed by atoms with Crippen LogP contribution in [-0.4, -0.2) is 25.4 Å². The van der Waals surface area contributed by atoms with E-state index in [0.717, 1.165) is 48.5 Å². The quantitative estimate of drug-likeness (QED) is 0.832. The summed E-state index contributed by atoms with van der Waals surface area (Å²) in [5.74, 6) is 1.83. The fourth-order valence-corrected chi connectivity index (χ4v) is 2.20. The molecule has 1 aromatic carbocycles. The zero-order valence-corrected chi connectivity index (χ0v) is 11.0. The number of fused-ring (bicyclic) bond motifs is 1. The normalized spacial score (nSPS) is 14.9. The first-order valence-electron chi connectivity index (χ1n) is 6.34. The van der Waals surface area contributed by atoms with Crippen molar-refractivity contribution in [3.63, 3.8) is 0 Å². The van der Waals surface area contributed by atoms with Crippen LogP contribution >= 0.6 is 0 Å². The second kappa shape index (κ2) is 5.91. The van der Waals surface area contributed by atoms with E-state index < -0.39 is 0 Å². The molecule has 0 amide bonds. The first-order chi connectivity index (χ1) is 8.76. The fourth-order valence-electron chi connectivity index (χ4n) is 2.20. The van der Waals surface area contributed by atoms with Gasteiger partial charge in [0, 0.05) is 5.56 Å². The van der Waals surface area contributed by atoms with Crippen LogP contribution in [0.25, 0.3) is 0 Å². The van der Waals surface area contributed by atoms with Gasteiger partial charge in [0.25, 0.3) is 0 Å². The minimum absolute atomic E-state index is 0.0954. The molecule has 0 aliphatic carbocycles. The smallest absolute Gasteiger partial charge is 0.129 e. The van der Waals surface area contributed by atoms with Gasteiger partial charge in [0.1, 0.15) is 11.5 Å². The van der Waals surface area contributed by atoms with Gasteiger partial charge in [0.15, 0.2) is 0 Å². The molecule has 0 saturated carbocycles. The zero-order valence-electron chi connectivity index (χ0n) is 11.0. The molecule has 2 rings (SSSR count). The van der Waals surface area contributed by atoms with E-state index in [2.05, 4.69) is 6.07 Å². The maximum absolute atomic E-state index is 9.05. The number of hydrogen-bond donors (Lipinski definition) is 1. The summed E-state index contributed by atoms with van der Waals surface area (Å²) in [5, 5.41) is 9.05. The molecule has 0 atom stereocenters. The lowest BCUT2D eigenvalue weighted by molar-refractivity contribution is 0.282. The standard InChI is InChI=1S/C15H20O3/c1-11(10-16)5-7-13-14(17-2)8-6-12-4-3-9-18-15(12)13/h5-6,8,16H,3-4,7,9-10H2,1-2H3. The Morgan fingerprint density at radius 3 is 3.06 bits per heavy atom. The molecule has 1 aliphatic rings. The Bertz CT molecular complexity index is 449. The predicted molar refractivity (Wildman–Crippen MR) is 71.4 cm³/mol. The molecule has 1 heterocycles. The average molecular weight is 248 g/mol. The molecule has 0 radical (unpaired) electrons. The summed E-state index contributed by atoms with van der Waals surface area (Å²) in [7, 11) is 1.68. The molecule has 18 heavy (non-hydrogen) atoms. The largest absolute Gasteiger partial charge is 0.496 e. The topological polar surface area (TPSA) is 38.7 Å². The van der Waals surface area contributed by atoms with Gasteiger partial charge in [-0.05, 0) is 37.8 Å². The minimum Gasteiger partial charge on any atom is -0.496 e. The van der Waals surface area contributed by atoms with Gasteiger partial charge in [0.05, 0.1) is 20.3 Å². The van der Waals surface area contributed by atoms with E-state index in [1.54, 1.807) is 7.11 Å². The highest BCUT2D eigenvalue weighted by Crippen LogP contribution is 2.36. The van der Waals surface area contributed by atoms with Crippen LogP contribution in [0.3, 0.4) is 0 Å². The molecule has 1 aliphatic heterocycles. The third kappa shape index (κ3) is 2.67. The first kappa shape index (κ1) is 13.0. The average Bonchev–Trinajstić information content (AvgIpc) is 2.44. The molecule has 0 saturated heterocycles. The molecule has 0 aromatic heterocycles. The second-order valence-corrected chi connectivity index (χ2v) is 4.60. The highest BCUT2D eigenvalue weighted by atomic mass is 16.5. The van der Waals surface area contributed by atoms with Gasteiger partial charge < -0.3 is 14.6 Å². The summed E-state index contributed by atoms with van der Waals surface area (Å²) in [6, 6.07) is 4.09.